The summed E-state index contributed by atoms with van der Waals surface area (Å²) in [4.78, 5) is 18.5. The maximum absolute atomic E-state index is 12.5. The van der Waals surface area contributed by atoms with Crippen molar-refractivity contribution in [1.82, 2.24) is 14.7 Å². The lowest BCUT2D eigenvalue weighted by atomic mass is 10.1. The number of nitrogens with zero attached hydrogens (tertiary/aromatic N) is 3. The number of carbonyl (C=O) groups excluding carboxylic acids is 1. The molecule has 0 saturated heterocycles. The van der Waals surface area contributed by atoms with Crippen LogP contribution in [0.15, 0.2) is 114 Å². The number of halogens is 1. The van der Waals surface area contributed by atoms with Gasteiger partial charge in [0, 0.05) is 50.7 Å². The first-order valence-electron chi connectivity index (χ1n) is 13.9. The fraction of sp³-hybridized carbons (Fsp3) is 0.294. The number of Topliss-reactive ketones (excluding diaryl/α,β-unsaturated/α-hetero) is 1. The van der Waals surface area contributed by atoms with E-state index in [4.69, 9.17) is 17.0 Å². The summed E-state index contributed by atoms with van der Waals surface area (Å²) in [5.74, 6) is 0.0998. The van der Waals surface area contributed by atoms with E-state index in [-0.39, 0.29) is 18.1 Å². The van der Waals surface area contributed by atoms with E-state index < -0.39 is 0 Å². The molecule has 0 unspecified atom stereocenters. The van der Waals surface area contributed by atoms with Gasteiger partial charge >= 0.3 is 0 Å². The van der Waals surface area contributed by atoms with Crippen molar-refractivity contribution < 1.29 is 9.90 Å². The molecular formula is C34H43ClN4O2. The van der Waals surface area contributed by atoms with Crippen LogP contribution in [0.2, 0.25) is 0 Å². The molecule has 0 saturated carbocycles. The van der Waals surface area contributed by atoms with E-state index in [2.05, 4.69) is 61.2 Å². The molecule has 2 N–H and O–H groups in total. The Labute approximate surface area is 250 Å². The van der Waals surface area contributed by atoms with Crippen LogP contribution in [0.5, 0.6) is 5.75 Å². The van der Waals surface area contributed by atoms with Crippen LogP contribution in [0.3, 0.4) is 0 Å². The molecule has 0 amide bonds. The standard InChI is InChI=1S/C34H43ClN4O2/c1-5-7-13-29(6-2)23-38(24-30-14-9-8-10-15-30)21-22-39(27-36)25-32(35)16-11-12-28(3)37(4)26-34(41)31-17-19-33(40)20-18-31/h6-20,25,27,36,40H,5,21-24,26H2,1-4H3/b13-7-,16-11-,28-12+,29-6+,32-25-,36-27?. The van der Waals surface area contributed by atoms with E-state index in [1.54, 1.807) is 29.3 Å². The summed E-state index contributed by atoms with van der Waals surface area (Å²) in [5.41, 5.74) is 3.96. The Morgan fingerprint density at radius 3 is 2.37 bits per heavy atom. The SMILES string of the molecule is C/C=C(\C=C/CC)CN(CCN(C=N)/C=C(Cl)/C=C\C=C(/C)N(C)CC(=O)c1ccc(O)cc1)Cc1ccccc1. The van der Waals surface area contributed by atoms with Crippen molar-refractivity contribution in [1.29, 1.82) is 5.41 Å². The number of nitrogens with one attached hydrogen (secondary N) is 1. The third-order valence-corrected chi connectivity index (χ3v) is 6.71. The molecule has 0 heterocycles. The normalized spacial score (nSPS) is 12.9. The molecule has 0 aromatic heterocycles. The summed E-state index contributed by atoms with van der Waals surface area (Å²) in [6.07, 6.45) is 16.0. The minimum atomic E-state index is -0.0342. The van der Waals surface area contributed by atoms with Gasteiger partial charge in [0.1, 0.15) is 5.75 Å². The summed E-state index contributed by atoms with van der Waals surface area (Å²) in [6, 6.07) is 16.7. The van der Waals surface area contributed by atoms with Gasteiger partial charge in [-0.05, 0) is 67.8 Å². The molecule has 7 heteroatoms. The number of phenolic OH excluding ortho intramolecular Hbond substituents is 1. The van der Waals surface area contributed by atoms with Gasteiger partial charge in [-0.2, -0.15) is 0 Å². The highest BCUT2D eigenvalue weighted by Crippen LogP contribution is 2.13. The monoisotopic (exact) mass is 574 g/mol. The van der Waals surface area contributed by atoms with Crippen LogP contribution < -0.4 is 0 Å². The largest absolute Gasteiger partial charge is 0.508 e. The molecule has 0 fully saturated rings. The van der Waals surface area contributed by atoms with Crippen LogP contribution in [-0.2, 0) is 6.54 Å². The molecule has 0 aliphatic heterocycles. The van der Waals surface area contributed by atoms with Crippen LogP contribution in [0.1, 0.15) is 43.1 Å². The topological polar surface area (TPSA) is 70.9 Å². The Balaban J connectivity index is 1.99. The van der Waals surface area contributed by atoms with E-state index >= 15 is 0 Å². The highest BCUT2D eigenvalue weighted by Gasteiger charge is 2.11. The molecule has 0 atom stereocenters. The fourth-order valence-electron chi connectivity index (χ4n) is 3.93. The lowest BCUT2D eigenvalue weighted by Gasteiger charge is -2.25. The zero-order valence-electron chi connectivity index (χ0n) is 24.6. The number of ketones is 1. The first kappa shape index (κ1) is 33.3. The summed E-state index contributed by atoms with van der Waals surface area (Å²) in [5, 5.41) is 17.8. The van der Waals surface area contributed by atoms with Crippen LogP contribution in [0, 0.1) is 5.41 Å². The maximum Gasteiger partial charge on any atom is 0.182 e. The molecule has 0 aliphatic carbocycles. The van der Waals surface area contributed by atoms with Crippen molar-refractivity contribution in [3.05, 3.63) is 125 Å². The number of carbonyl (C=O) groups is 1. The van der Waals surface area contributed by atoms with Crippen molar-refractivity contribution in [2.24, 2.45) is 0 Å². The van der Waals surface area contributed by atoms with Gasteiger partial charge in [-0.15, -0.1) is 0 Å². The van der Waals surface area contributed by atoms with Gasteiger partial charge in [-0.25, -0.2) is 0 Å². The Kier molecular flexibility index (Phi) is 15.0. The highest BCUT2D eigenvalue weighted by atomic mass is 35.5. The molecule has 2 aromatic rings. The summed E-state index contributed by atoms with van der Waals surface area (Å²) >= 11 is 6.48. The second-order valence-corrected chi connectivity index (χ2v) is 10.2. The molecule has 2 rings (SSSR count). The highest BCUT2D eigenvalue weighted by molar-refractivity contribution is 6.31. The predicted molar refractivity (Wildman–Crippen MR) is 172 cm³/mol. The molecule has 0 spiro atoms. The van der Waals surface area contributed by atoms with Gasteiger partial charge in [0.25, 0.3) is 0 Å². The number of allylic oxidation sites excluding steroid dienone is 7. The van der Waals surface area contributed by atoms with Crippen LogP contribution in [0.4, 0.5) is 0 Å². The van der Waals surface area contributed by atoms with Crippen LogP contribution >= 0.6 is 11.6 Å². The molecule has 218 valence electrons. The van der Waals surface area contributed by atoms with Gasteiger partial charge in [0.15, 0.2) is 5.78 Å². The minimum Gasteiger partial charge on any atom is -0.508 e. The molecular weight excluding hydrogens is 532 g/mol. The van der Waals surface area contributed by atoms with Gasteiger partial charge in [-0.3, -0.25) is 15.1 Å². The number of hydrogen-bond acceptors (Lipinski definition) is 5. The van der Waals surface area contributed by atoms with E-state index in [1.165, 1.54) is 29.6 Å². The number of aromatic hydroxyl groups is 1. The van der Waals surface area contributed by atoms with E-state index in [1.807, 2.05) is 37.1 Å². The number of benzene rings is 2. The van der Waals surface area contributed by atoms with Gasteiger partial charge < -0.3 is 14.9 Å². The lowest BCUT2D eigenvalue weighted by molar-refractivity contribution is 0.0960. The zero-order valence-corrected chi connectivity index (χ0v) is 25.4. The number of hydrogen-bond donors (Lipinski definition) is 2. The predicted octanol–water partition coefficient (Wildman–Crippen LogP) is 7.37. The van der Waals surface area contributed by atoms with E-state index in [9.17, 15) is 9.90 Å². The molecule has 6 nitrogen and oxygen atoms in total. The maximum atomic E-state index is 12.5. The van der Waals surface area contributed by atoms with Crippen molar-refractivity contribution in [3.63, 3.8) is 0 Å². The van der Waals surface area contributed by atoms with Crippen LogP contribution in [0.25, 0.3) is 0 Å². The first-order valence-corrected chi connectivity index (χ1v) is 14.2. The molecule has 0 radical (unpaired) electrons. The second-order valence-electron chi connectivity index (χ2n) is 9.74. The third kappa shape index (κ3) is 12.9. The Morgan fingerprint density at radius 2 is 1.73 bits per heavy atom. The molecule has 2 aromatic carbocycles. The van der Waals surface area contributed by atoms with E-state index in [0.717, 1.165) is 31.8 Å². The van der Waals surface area contributed by atoms with Gasteiger partial charge in [0.05, 0.1) is 17.9 Å². The minimum absolute atomic E-state index is 0.0342. The van der Waals surface area contributed by atoms with Crippen molar-refractivity contribution in [2.45, 2.75) is 33.7 Å². The smallest absolute Gasteiger partial charge is 0.182 e. The van der Waals surface area contributed by atoms with Crippen molar-refractivity contribution in [2.75, 3.05) is 33.2 Å². The number of rotatable bonds is 17. The average molecular weight is 575 g/mol. The molecule has 0 aliphatic rings. The fourth-order valence-corrected chi connectivity index (χ4v) is 4.13. The Hall–Kier alpha value is -3.87. The second kappa shape index (κ2) is 18.5. The zero-order chi connectivity index (χ0) is 30.0. The summed E-state index contributed by atoms with van der Waals surface area (Å²) in [7, 11) is 1.85. The molecule has 0 bridgehead atoms. The summed E-state index contributed by atoms with van der Waals surface area (Å²) < 4.78 is 0. The van der Waals surface area contributed by atoms with Gasteiger partial charge in [-0.1, -0.05) is 73.2 Å². The molecule has 41 heavy (non-hydrogen) atoms. The van der Waals surface area contributed by atoms with Crippen LogP contribution in [-0.4, -0.2) is 65.2 Å². The first-order chi connectivity index (χ1) is 19.7. The lowest BCUT2D eigenvalue weighted by Crippen LogP contribution is -2.33. The average Bonchev–Trinajstić information content (AvgIpc) is 2.97. The van der Waals surface area contributed by atoms with Crippen molar-refractivity contribution in [3.8, 4) is 5.75 Å². The number of phenols is 1. The summed E-state index contributed by atoms with van der Waals surface area (Å²) in [6.45, 7) is 9.34. The Morgan fingerprint density at radius 1 is 1.02 bits per heavy atom. The third-order valence-electron chi connectivity index (χ3n) is 6.49. The van der Waals surface area contributed by atoms with Crippen molar-refractivity contribution >= 4 is 23.7 Å². The van der Waals surface area contributed by atoms with E-state index in [0.29, 0.717) is 17.1 Å². The number of likely N-dealkylation sites (N-methyl/N-ethyl adjacent to an activating group) is 1. The Bertz CT molecular complexity index is 1250. The quantitative estimate of drug-likeness (QED) is 0.0893. The van der Waals surface area contributed by atoms with Gasteiger partial charge in [0.2, 0.25) is 0 Å².